The van der Waals surface area contributed by atoms with Crippen molar-refractivity contribution in [2.24, 2.45) is 0 Å². The summed E-state index contributed by atoms with van der Waals surface area (Å²) in [6.45, 7) is 6.41. The van der Waals surface area contributed by atoms with Gasteiger partial charge in [0.1, 0.15) is 0 Å². The number of benzene rings is 1. The van der Waals surface area contributed by atoms with Gasteiger partial charge in [0.2, 0.25) is 6.41 Å². The molecule has 0 radical (unpaired) electrons. The van der Waals surface area contributed by atoms with Gasteiger partial charge in [0, 0.05) is 25.3 Å². The standard InChI is InChI=1S/C16H21N3O/c1-14-15(2)19(12-17-14)10-6-9-18(13-20)11-16-7-4-3-5-8-16/h3-5,7-8,12-13H,6,9-11H2,1-2H3. The van der Waals surface area contributed by atoms with Gasteiger partial charge in [-0.05, 0) is 25.8 Å². The van der Waals surface area contributed by atoms with Crippen LogP contribution in [0.25, 0.3) is 0 Å². The van der Waals surface area contributed by atoms with Gasteiger partial charge in [0.25, 0.3) is 0 Å². The first kappa shape index (κ1) is 14.3. The Morgan fingerprint density at radius 1 is 1.25 bits per heavy atom. The van der Waals surface area contributed by atoms with E-state index >= 15 is 0 Å². The van der Waals surface area contributed by atoms with Crippen molar-refractivity contribution in [1.29, 1.82) is 0 Å². The number of carbonyl (C=O) groups excluding carboxylic acids is 1. The van der Waals surface area contributed by atoms with Crippen LogP contribution in [0, 0.1) is 13.8 Å². The van der Waals surface area contributed by atoms with Crippen LogP contribution in [0.2, 0.25) is 0 Å². The number of carbonyl (C=O) groups is 1. The van der Waals surface area contributed by atoms with Crippen LogP contribution in [-0.2, 0) is 17.9 Å². The van der Waals surface area contributed by atoms with Crippen molar-refractivity contribution in [3.8, 4) is 0 Å². The van der Waals surface area contributed by atoms with Crippen LogP contribution >= 0.6 is 0 Å². The average molecular weight is 271 g/mol. The van der Waals surface area contributed by atoms with Crippen LogP contribution in [0.4, 0.5) is 0 Å². The Balaban J connectivity index is 1.82. The Kier molecular flexibility index (Phi) is 4.93. The van der Waals surface area contributed by atoms with E-state index in [0.29, 0.717) is 6.54 Å². The molecule has 0 saturated heterocycles. The topological polar surface area (TPSA) is 38.1 Å². The largest absolute Gasteiger partial charge is 0.341 e. The highest BCUT2D eigenvalue weighted by Gasteiger charge is 2.05. The van der Waals surface area contributed by atoms with E-state index in [1.165, 1.54) is 5.69 Å². The van der Waals surface area contributed by atoms with Crippen LogP contribution in [-0.4, -0.2) is 27.4 Å². The number of hydrogen-bond acceptors (Lipinski definition) is 2. The summed E-state index contributed by atoms with van der Waals surface area (Å²) < 4.78 is 2.14. The first-order chi connectivity index (χ1) is 9.70. The molecule has 1 aromatic heterocycles. The van der Waals surface area contributed by atoms with Gasteiger partial charge < -0.3 is 9.47 Å². The third kappa shape index (κ3) is 3.70. The molecule has 0 aliphatic rings. The van der Waals surface area contributed by atoms with E-state index in [1.54, 1.807) is 0 Å². The minimum atomic E-state index is 0.673. The van der Waals surface area contributed by atoms with E-state index in [4.69, 9.17) is 0 Å². The molecule has 0 spiro atoms. The molecule has 0 fully saturated rings. The highest BCUT2D eigenvalue weighted by molar-refractivity contribution is 5.47. The molecule has 0 unspecified atom stereocenters. The summed E-state index contributed by atoms with van der Waals surface area (Å²) in [6, 6.07) is 10.1. The van der Waals surface area contributed by atoms with Gasteiger partial charge >= 0.3 is 0 Å². The van der Waals surface area contributed by atoms with Crippen LogP contribution in [0.5, 0.6) is 0 Å². The second-order valence-electron chi connectivity index (χ2n) is 5.02. The second-order valence-corrected chi connectivity index (χ2v) is 5.02. The molecule has 0 bridgehead atoms. The summed E-state index contributed by atoms with van der Waals surface area (Å²) in [4.78, 5) is 17.2. The van der Waals surface area contributed by atoms with E-state index in [2.05, 4.69) is 16.5 Å². The molecule has 2 aromatic rings. The number of amides is 1. The van der Waals surface area contributed by atoms with Gasteiger partial charge in [-0.25, -0.2) is 4.98 Å². The maximum absolute atomic E-state index is 11.1. The molecular formula is C16H21N3O. The van der Waals surface area contributed by atoms with Crippen molar-refractivity contribution in [3.63, 3.8) is 0 Å². The van der Waals surface area contributed by atoms with Crippen LogP contribution in [0.3, 0.4) is 0 Å². The maximum Gasteiger partial charge on any atom is 0.210 e. The molecule has 106 valence electrons. The van der Waals surface area contributed by atoms with Crippen molar-refractivity contribution < 1.29 is 4.79 Å². The second kappa shape index (κ2) is 6.89. The van der Waals surface area contributed by atoms with Gasteiger partial charge in [-0.1, -0.05) is 30.3 Å². The summed E-state index contributed by atoms with van der Waals surface area (Å²) >= 11 is 0. The Bertz CT molecular complexity index is 548. The summed E-state index contributed by atoms with van der Waals surface area (Å²) in [5.74, 6) is 0. The molecule has 2 rings (SSSR count). The minimum Gasteiger partial charge on any atom is -0.341 e. The van der Waals surface area contributed by atoms with Gasteiger partial charge in [0.15, 0.2) is 0 Å². The molecule has 4 nitrogen and oxygen atoms in total. The van der Waals surface area contributed by atoms with Crippen LogP contribution in [0.15, 0.2) is 36.7 Å². The first-order valence-electron chi connectivity index (χ1n) is 6.92. The third-order valence-electron chi connectivity index (χ3n) is 3.57. The molecule has 4 heteroatoms. The number of aromatic nitrogens is 2. The van der Waals surface area contributed by atoms with Crippen molar-refractivity contribution in [1.82, 2.24) is 14.5 Å². The predicted octanol–water partition coefficient (Wildman–Crippen LogP) is 2.55. The minimum absolute atomic E-state index is 0.673. The first-order valence-corrected chi connectivity index (χ1v) is 6.92. The smallest absolute Gasteiger partial charge is 0.210 e. The third-order valence-corrected chi connectivity index (χ3v) is 3.57. The van der Waals surface area contributed by atoms with E-state index in [1.807, 2.05) is 48.5 Å². The SMILES string of the molecule is Cc1ncn(CCCN(C=O)Cc2ccccc2)c1C. The molecule has 0 N–H and O–H groups in total. The van der Waals surface area contributed by atoms with Gasteiger partial charge in [-0.15, -0.1) is 0 Å². The molecule has 0 aliphatic heterocycles. The van der Waals surface area contributed by atoms with Crippen molar-refractivity contribution in [3.05, 3.63) is 53.6 Å². The highest BCUT2D eigenvalue weighted by atomic mass is 16.1. The fourth-order valence-electron chi connectivity index (χ4n) is 2.20. The lowest BCUT2D eigenvalue weighted by Gasteiger charge is -2.17. The molecule has 0 aliphatic carbocycles. The Morgan fingerprint density at radius 3 is 2.60 bits per heavy atom. The Labute approximate surface area is 120 Å². The molecule has 0 saturated carbocycles. The zero-order chi connectivity index (χ0) is 14.4. The molecule has 1 aromatic carbocycles. The molecule has 0 atom stereocenters. The maximum atomic E-state index is 11.1. The summed E-state index contributed by atoms with van der Waals surface area (Å²) in [6.07, 6.45) is 3.73. The van der Waals surface area contributed by atoms with Crippen LogP contribution in [0.1, 0.15) is 23.4 Å². The summed E-state index contributed by atoms with van der Waals surface area (Å²) in [5.41, 5.74) is 3.43. The summed E-state index contributed by atoms with van der Waals surface area (Å²) in [7, 11) is 0. The zero-order valence-corrected chi connectivity index (χ0v) is 12.1. The lowest BCUT2D eigenvalue weighted by molar-refractivity contribution is -0.118. The van der Waals surface area contributed by atoms with Crippen LogP contribution < -0.4 is 0 Å². The van der Waals surface area contributed by atoms with Gasteiger partial charge in [0.05, 0.1) is 12.0 Å². The highest BCUT2D eigenvalue weighted by Crippen LogP contribution is 2.07. The predicted molar refractivity (Wildman–Crippen MR) is 79.2 cm³/mol. The molecule has 1 amide bonds. The number of aryl methyl sites for hydroxylation is 2. The lowest BCUT2D eigenvalue weighted by atomic mass is 10.2. The fraction of sp³-hybridized carbons (Fsp3) is 0.375. The fourth-order valence-corrected chi connectivity index (χ4v) is 2.20. The van der Waals surface area contributed by atoms with Crippen molar-refractivity contribution in [2.75, 3.05) is 6.54 Å². The lowest BCUT2D eigenvalue weighted by Crippen LogP contribution is -2.23. The Morgan fingerprint density at radius 2 is 2.00 bits per heavy atom. The van der Waals surface area contributed by atoms with Gasteiger partial charge in [-0.2, -0.15) is 0 Å². The zero-order valence-electron chi connectivity index (χ0n) is 12.1. The van der Waals surface area contributed by atoms with E-state index in [0.717, 1.165) is 37.2 Å². The van der Waals surface area contributed by atoms with Crippen molar-refractivity contribution >= 4 is 6.41 Å². The average Bonchev–Trinajstić information content (AvgIpc) is 2.79. The monoisotopic (exact) mass is 271 g/mol. The van der Waals surface area contributed by atoms with Crippen molar-refractivity contribution in [2.45, 2.75) is 33.4 Å². The quantitative estimate of drug-likeness (QED) is 0.726. The van der Waals surface area contributed by atoms with Gasteiger partial charge in [-0.3, -0.25) is 4.79 Å². The molecule has 1 heterocycles. The molecule has 20 heavy (non-hydrogen) atoms. The number of imidazole rings is 1. The summed E-state index contributed by atoms with van der Waals surface area (Å²) in [5, 5.41) is 0. The molecular weight excluding hydrogens is 250 g/mol. The van der Waals surface area contributed by atoms with E-state index < -0.39 is 0 Å². The van der Waals surface area contributed by atoms with E-state index in [9.17, 15) is 4.79 Å². The number of nitrogens with zero attached hydrogens (tertiary/aromatic N) is 3. The normalized spacial score (nSPS) is 10.5. The Hall–Kier alpha value is -2.10. The number of hydrogen-bond donors (Lipinski definition) is 0. The van der Waals surface area contributed by atoms with E-state index in [-0.39, 0.29) is 0 Å². The number of rotatable bonds is 7.